The smallest absolute Gasteiger partial charge is 0.194 e. The van der Waals surface area contributed by atoms with E-state index in [4.69, 9.17) is 0 Å². The van der Waals surface area contributed by atoms with Gasteiger partial charge in [0.1, 0.15) is 3.66 Å². The lowest BCUT2D eigenvalue weighted by Crippen LogP contribution is -2.15. The summed E-state index contributed by atoms with van der Waals surface area (Å²) in [4.78, 5) is 0.407. The van der Waals surface area contributed by atoms with Crippen molar-refractivity contribution in [1.82, 2.24) is 0 Å². The zero-order chi connectivity index (χ0) is 9.53. The van der Waals surface area contributed by atoms with Gasteiger partial charge in [-0.05, 0) is 25.0 Å². The minimum absolute atomic E-state index is 0.407. The van der Waals surface area contributed by atoms with E-state index in [1.165, 1.54) is 0 Å². The number of sulfone groups is 1. The summed E-state index contributed by atoms with van der Waals surface area (Å²) in [6.07, 6.45) is 1.43. The Bertz CT molecular complexity index is 407. The van der Waals surface area contributed by atoms with Crippen LogP contribution in [0.15, 0.2) is 35.2 Å². The van der Waals surface area contributed by atoms with Crippen LogP contribution in [0.25, 0.3) is 0 Å². The first-order valence-corrected chi connectivity index (χ1v) is 6.32. The average molecular weight is 261 g/mol. The van der Waals surface area contributed by atoms with Gasteiger partial charge in [0, 0.05) is 0 Å². The van der Waals surface area contributed by atoms with Crippen molar-refractivity contribution in [2.24, 2.45) is 0 Å². The highest BCUT2D eigenvalue weighted by Crippen LogP contribution is 2.51. The van der Waals surface area contributed by atoms with E-state index in [-0.39, 0.29) is 0 Å². The summed E-state index contributed by atoms with van der Waals surface area (Å²) < 4.78 is 23.1. The SMILES string of the molecule is O=S(=O)(c1ccccc1)C1(Br)CC1. The monoisotopic (exact) mass is 260 g/mol. The van der Waals surface area contributed by atoms with Gasteiger partial charge in [-0.2, -0.15) is 0 Å². The summed E-state index contributed by atoms with van der Waals surface area (Å²) >= 11 is 3.26. The Morgan fingerprint density at radius 3 is 2.15 bits per heavy atom. The van der Waals surface area contributed by atoms with Crippen LogP contribution >= 0.6 is 15.9 Å². The highest BCUT2D eigenvalue weighted by Gasteiger charge is 2.52. The molecule has 1 fully saturated rings. The van der Waals surface area contributed by atoms with Crippen molar-refractivity contribution in [1.29, 1.82) is 0 Å². The van der Waals surface area contributed by atoms with Crippen LogP contribution in [0.4, 0.5) is 0 Å². The molecule has 0 saturated heterocycles. The summed E-state index contributed by atoms with van der Waals surface area (Å²) in [5, 5.41) is 0. The Hall–Kier alpha value is -0.350. The second-order valence-electron chi connectivity index (χ2n) is 3.20. The van der Waals surface area contributed by atoms with Crippen molar-refractivity contribution in [2.45, 2.75) is 21.4 Å². The van der Waals surface area contributed by atoms with Crippen LogP contribution in [-0.2, 0) is 9.84 Å². The number of hydrogen-bond donors (Lipinski definition) is 0. The summed E-state index contributed by atoms with van der Waals surface area (Å²) in [6, 6.07) is 8.57. The minimum atomic E-state index is -3.15. The van der Waals surface area contributed by atoms with Gasteiger partial charge in [-0.15, -0.1) is 0 Å². The largest absolute Gasteiger partial charge is 0.222 e. The molecule has 1 aromatic carbocycles. The lowest BCUT2D eigenvalue weighted by molar-refractivity contribution is 0.593. The van der Waals surface area contributed by atoms with E-state index in [1.807, 2.05) is 6.07 Å². The molecule has 0 radical (unpaired) electrons. The molecule has 0 aromatic heterocycles. The standard InChI is InChI=1S/C9H9BrO2S/c10-9(6-7-9)13(11,12)8-4-2-1-3-5-8/h1-5H,6-7H2. The fourth-order valence-corrected chi connectivity index (χ4v) is 3.51. The molecule has 1 aliphatic carbocycles. The minimum Gasteiger partial charge on any atom is -0.222 e. The first kappa shape index (κ1) is 9.21. The normalized spacial score (nSPS) is 19.8. The first-order valence-electron chi connectivity index (χ1n) is 4.05. The van der Waals surface area contributed by atoms with Crippen molar-refractivity contribution in [3.8, 4) is 0 Å². The van der Waals surface area contributed by atoms with Crippen LogP contribution in [0.1, 0.15) is 12.8 Å². The predicted molar refractivity (Wildman–Crippen MR) is 54.5 cm³/mol. The number of benzene rings is 1. The van der Waals surface area contributed by atoms with E-state index < -0.39 is 13.5 Å². The Morgan fingerprint density at radius 1 is 1.15 bits per heavy atom. The van der Waals surface area contributed by atoms with Gasteiger partial charge in [0.25, 0.3) is 0 Å². The van der Waals surface area contributed by atoms with Crippen molar-refractivity contribution in [3.05, 3.63) is 30.3 Å². The quantitative estimate of drug-likeness (QED) is 0.766. The molecule has 13 heavy (non-hydrogen) atoms. The van der Waals surface area contributed by atoms with Crippen molar-refractivity contribution >= 4 is 25.8 Å². The Kier molecular flexibility index (Phi) is 2.00. The molecule has 1 aromatic rings. The maximum absolute atomic E-state index is 11.9. The number of rotatable bonds is 2. The molecule has 0 bridgehead atoms. The topological polar surface area (TPSA) is 34.1 Å². The van der Waals surface area contributed by atoms with Crippen LogP contribution in [0, 0.1) is 0 Å². The molecule has 2 nitrogen and oxygen atoms in total. The van der Waals surface area contributed by atoms with Crippen LogP contribution < -0.4 is 0 Å². The third-order valence-electron chi connectivity index (χ3n) is 2.18. The predicted octanol–water partition coefficient (Wildman–Crippen LogP) is 2.35. The molecule has 70 valence electrons. The molecule has 0 N–H and O–H groups in total. The molecule has 0 aliphatic heterocycles. The van der Waals surface area contributed by atoms with Gasteiger partial charge in [0.05, 0.1) is 4.90 Å². The fourth-order valence-electron chi connectivity index (χ4n) is 1.18. The summed E-state index contributed by atoms with van der Waals surface area (Å²) in [7, 11) is -3.15. The van der Waals surface area contributed by atoms with E-state index in [0.29, 0.717) is 17.7 Å². The number of hydrogen-bond acceptors (Lipinski definition) is 2. The second kappa shape index (κ2) is 2.82. The molecule has 0 unspecified atom stereocenters. The molecule has 4 heteroatoms. The molecule has 0 heterocycles. The van der Waals surface area contributed by atoms with Crippen LogP contribution in [-0.4, -0.2) is 12.1 Å². The summed E-state index contributed by atoms with van der Waals surface area (Å²) in [5.74, 6) is 0. The van der Waals surface area contributed by atoms with E-state index in [1.54, 1.807) is 24.3 Å². The third kappa shape index (κ3) is 1.42. The van der Waals surface area contributed by atoms with E-state index in [2.05, 4.69) is 15.9 Å². The van der Waals surface area contributed by atoms with E-state index in [0.717, 1.165) is 0 Å². The summed E-state index contributed by atoms with van der Waals surface area (Å²) in [6.45, 7) is 0. The number of halogens is 1. The van der Waals surface area contributed by atoms with Gasteiger partial charge in [-0.25, -0.2) is 8.42 Å². The van der Waals surface area contributed by atoms with Gasteiger partial charge in [-0.3, -0.25) is 0 Å². The maximum atomic E-state index is 11.9. The van der Waals surface area contributed by atoms with Gasteiger partial charge in [0.2, 0.25) is 0 Å². The van der Waals surface area contributed by atoms with Gasteiger partial charge < -0.3 is 0 Å². The third-order valence-corrected chi connectivity index (χ3v) is 6.51. The van der Waals surface area contributed by atoms with E-state index >= 15 is 0 Å². The van der Waals surface area contributed by atoms with Crippen molar-refractivity contribution in [3.63, 3.8) is 0 Å². The maximum Gasteiger partial charge on any atom is 0.194 e. The van der Waals surface area contributed by atoms with E-state index in [9.17, 15) is 8.42 Å². The molecular formula is C9H9BrO2S. The molecule has 2 rings (SSSR count). The molecule has 0 spiro atoms. The highest BCUT2D eigenvalue weighted by atomic mass is 79.9. The second-order valence-corrected chi connectivity index (χ2v) is 7.50. The Morgan fingerprint density at radius 2 is 1.69 bits per heavy atom. The molecule has 0 amide bonds. The molecule has 0 atom stereocenters. The number of alkyl halides is 1. The molecular weight excluding hydrogens is 252 g/mol. The van der Waals surface area contributed by atoms with Gasteiger partial charge in [-0.1, -0.05) is 34.1 Å². The van der Waals surface area contributed by atoms with Crippen molar-refractivity contribution < 1.29 is 8.42 Å². The highest BCUT2D eigenvalue weighted by molar-refractivity contribution is 9.11. The lowest BCUT2D eigenvalue weighted by Gasteiger charge is -2.07. The zero-order valence-corrected chi connectivity index (χ0v) is 9.31. The summed E-state index contributed by atoms with van der Waals surface area (Å²) in [5.41, 5.74) is 0. The Balaban J connectivity index is 2.48. The van der Waals surface area contributed by atoms with Gasteiger partial charge >= 0.3 is 0 Å². The van der Waals surface area contributed by atoms with Crippen LogP contribution in [0.3, 0.4) is 0 Å². The molecule has 1 saturated carbocycles. The van der Waals surface area contributed by atoms with Crippen LogP contribution in [0.5, 0.6) is 0 Å². The first-order chi connectivity index (χ1) is 6.06. The van der Waals surface area contributed by atoms with Crippen molar-refractivity contribution in [2.75, 3.05) is 0 Å². The fraction of sp³-hybridized carbons (Fsp3) is 0.333. The lowest BCUT2D eigenvalue weighted by atomic mass is 10.4. The Labute approximate surface area is 86.0 Å². The van der Waals surface area contributed by atoms with Crippen LogP contribution in [0.2, 0.25) is 0 Å². The zero-order valence-electron chi connectivity index (χ0n) is 6.90. The van der Waals surface area contributed by atoms with Gasteiger partial charge in [0.15, 0.2) is 9.84 Å². The average Bonchev–Trinajstić information content (AvgIpc) is 2.87. The molecule has 1 aliphatic rings.